The molecular weight excluding hydrogens is 400 g/mol. The molecule has 28 heavy (non-hydrogen) atoms. The molecule has 1 aliphatic rings. The van der Waals surface area contributed by atoms with E-state index in [4.69, 9.17) is 9.88 Å². The van der Waals surface area contributed by atoms with Crippen molar-refractivity contribution in [2.24, 2.45) is 5.14 Å². The predicted molar refractivity (Wildman–Crippen MR) is 107 cm³/mol. The molecule has 1 aliphatic heterocycles. The Kier molecular flexibility index (Phi) is 5.60. The smallest absolute Gasteiger partial charge is 0.348 e. The van der Waals surface area contributed by atoms with E-state index in [1.54, 1.807) is 12.1 Å². The van der Waals surface area contributed by atoms with Gasteiger partial charge < -0.3 is 9.64 Å². The fraction of sp³-hybridized carbons (Fsp3) is 0.368. The summed E-state index contributed by atoms with van der Waals surface area (Å²) in [4.78, 5) is 28.1. The second-order valence-corrected chi connectivity index (χ2v) is 9.50. The standard InChI is InChI=1S/C19H22N2O5S2/c1-4-16-11(2)7-17(27-16)19(23)26-10-18(22)21-12(3)8-13-9-14(28(20,24)25)5-6-15(13)21/h5-7,9,12H,4,8,10H2,1-3H3,(H2,20,24,25)/t12-/m0/s1. The third-order valence-corrected chi connectivity index (χ3v) is 7.01. The molecule has 0 unspecified atom stereocenters. The molecule has 150 valence electrons. The minimum absolute atomic E-state index is 0.0129. The first-order valence-corrected chi connectivity index (χ1v) is 11.2. The fourth-order valence-corrected chi connectivity index (χ4v) is 4.98. The Morgan fingerprint density at radius 2 is 2.04 bits per heavy atom. The molecule has 2 aromatic rings. The van der Waals surface area contributed by atoms with E-state index in [-0.39, 0.29) is 23.5 Å². The van der Waals surface area contributed by atoms with E-state index in [0.717, 1.165) is 22.4 Å². The van der Waals surface area contributed by atoms with E-state index in [2.05, 4.69) is 0 Å². The number of anilines is 1. The number of primary sulfonamides is 1. The number of amides is 1. The Hall–Kier alpha value is -2.23. The van der Waals surface area contributed by atoms with Crippen LogP contribution in [0.4, 0.5) is 5.69 Å². The maximum Gasteiger partial charge on any atom is 0.348 e. The van der Waals surface area contributed by atoms with Crippen molar-refractivity contribution in [1.29, 1.82) is 0 Å². The van der Waals surface area contributed by atoms with Crippen molar-refractivity contribution in [3.05, 3.63) is 45.1 Å². The van der Waals surface area contributed by atoms with Gasteiger partial charge in [0.05, 0.1) is 4.90 Å². The Bertz CT molecular complexity index is 1040. The molecule has 1 aromatic heterocycles. The van der Waals surface area contributed by atoms with Crippen LogP contribution in [0.15, 0.2) is 29.2 Å². The van der Waals surface area contributed by atoms with Gasteiger partial charge in [0.1, 0.15) is 4.88 Å². The molecule has 7 nitrogen and oxygen atoms in total. The molecule has 0 saturated carbocycles. The SMILES string of the molecule is CCc1sc(C(=O)OCC(=O)N2c3ccc(S(N)(=O)=O)cc3C[C@@H]2C)cc1C. The van der Waals surface area contributed by atoms with Gasteiger partial charge in [0, 0.05) is 16.6 Å². The highest BCUT2D eigenvalue weighted by Gasteiger charge is 2.32. The van der Waals surface area contributed by atoms with Crippen LogP contribution in [0.25, 0.3) is 0 Å². The van der Waals surface area contributed by atoms with E-state index < -0.39 is 16.0 Å². The number of hydrogen-bond donors (Lipinski definition) is 1. The van der Waals surface area contributed by atoms with Crippen LogP contribution in [0.5, 0.6) is 0 Å². The van der Waals surface area contributed by atoms with Crippen LogP contribution in [-0.4, -0.2) is 32.9 Å². The summed E-state index contributed by atoms with van der Waals surface area (Å²) in [5, 5.41) is 5.17. The number of hydrogen-bond acceptors (Lipinski definition) is 6. The number of thiophene rings is 1. The molecule has 1 aromatic carbocycles. The van der Waals surface area contributed by atoms with Gasteiger partial charge in [-0.1, -0.05) is 6.92 Å². The zero-order valence-electron chi connectivity index (χ0n) is 15.9. The average Bonchev–Trinajstić information content (AvgIpc) is 3.16. The van der Waals surface area contributed by atoms with Gasteiger partial charge in [0.2, 0.25) is 10.0 Å². The van der Waals surface area contributed by atoms with Gasteiger partial charge in [-0.2, -0.15) is 0 Å². The molecule has 3 rings (SSSR count). The third-order valence-electron chi connectivity index (χ3n) is 4.73. The number of nitrogens with two attached hydrogens (primary N) is 1. The molecule has 1 atom stereocenters. The summed E-state index contributed by atoms with van der Waals surface area (Å²) in [5.74, 6) is -0.871. The van der Waals surface area contributed by atoms with Gasteiger partial charge in [-0.3, -0.25) is 4.79 Å². The largest absolute Gasteiger partial charge is 0.451 e. The summed E-state index contributed by atoms with van der Waals surface area (Å²) in [6, 6.07) is 6.03. The van der Waals surface area contributed by atoms with Crippen LogP contribution in [-0.2, 0) is 32.4 Å². The van der Waals surface area contributed by atoms with Gasteiger partial charge in [0.15, 0.2) is 6.61 Å². The molecule has 0 spiro atoms. The zero-order chi connectivity index (χ0) is 20.6. The van der Waals surface area contributed by atoms with E-state index in [1.807, 2.05) is 20.8 Å². The number of fused-ring (bicyclic) bond motifs is 1. The molecule has 2 heterocycles. The lowest BCUT2D eigenvalue weighted by Gasteiger charge is -2.22. The van der Waals surface area contributed by atoms with Gasteiger partial charge in [0.25, 0.3) is 5.91 Å². The van der Waals surface area contributed by atoms with Gasteiger partial charge in [-0.25, -0.2) is 18.4 Å². The van der Waals surface area contributed by atoms with Gasteiger partial charge in [-0.15, -0.1) is 11.3 Å². The number of sulfonamides is 1. The topological polar surface area (TPSA) is 107 Å². The number of rotatable bonds is 5. The quantitative estimate of drug-likeness (QED) is 0.745. The van der Waals surface area contributed by atoms with Crippen LogP contribution in [0, 0.1) is 6.92 Å². The minimum Gasteiger partial charge on any atom is -0.451 e. The van der Waals surface area contributed by atoms with Crippen molar-refractivity contribution in [1.82, 2.24) is 0 Å². The average molecular weight is 423 g/mol. The summed E-state index contributed by atoms with van der Waals surface area (Å²) in [6.45, 7) is 5.44. The van der Waals surface area contributed by atoms with Crippen LogP contribution < -0.4 is 10.0 Å². The number of nitrogens with zero attached hydrogens (tertiary/aromatic N) is 1. The van der Waals surface area contributed by atoms with E-state index in [0.29, 0.717) is 17.0 Å². The van der Waals surface area contributed by atoms with E-state index in [9.17, 15) is 18.0 Å². The normalized spacial score (nSPS) is 16.1. The minimum atomic E-state index is -3.81. The van der Waals surface area contributed by atoms with Crippen molar-refractivity contribution < 1.29 is 22.7 Å². The lowest BCUT2D eigenvalue weighted by molar-refractivity contribution is -0.122. The molecule has 0 saturated heterocycles. The lowest BCUT2D eigenvalue weighted by atomic mass is 10.1. The van der Waals surface area contributed by atoms with Crippen LogP contribution in [0.2, 0.25) is 0 Å². The maximum atomic E-state index is 12.7. The Balaban J connectivity index is 1.72. The van der Waals surface area contributed by atoms with Crippen molar-refractivity contribution in [3.8, 4) is 0 Å². The van der Waals surface area contributed by atoms with Crippen LogP contribution in [0.1, 0.15) is 39.5 Å². The van der Waals surface area contributed by atoms with Crippen molar-refractivity contribution >= 4 is 38.9 Å². The Morgan fingerprint density at radius 1 is 1.32 bits per heavy atom. The van der Waals surface area contributed by atoms with E-state index in [1.165, 1.54) is 28.4 Å². The summed E-state index contributed by atoms with van der Waals surface area (Å²) in [5.41, 5.74) is 2.37. The first-order valence-electron chi connectivity index (χ1n) is 8.86. The monoisotopic (exact) mass is 422 g/mol. The molecule has 0 fully saturated rings. The zero-order valence-corrected chi connectivity index (χ0v) is 17.5. The first kappa shape index (κ1) is 20.5. The maximum absolute atomic E-state index is 12.7. The lowest BCUT2D eigenvalue weighted by Crippen LogP contribution is -2.38. The second kappa shape index (κ2) is 7.65. The van der Waals surface area contributed by atoms with Crippen molar-refractivity contribution in [3.63, 3.8) is 0 Å². The first-order chi connectivity index (χ1) is 13.1. The predicted octanol–water partition coefficient (Wildman–Crippen LogP) is 2.40. The summed E-state index contributed by atoms with van der Waals surface area (Å²) >= 11 is 1.38. The van der Waals surface area contributed by atoms with Gasteiger partial charge >= 0.3 is 5.97 Å². The Morgan fingerprint density at radius 3 is 2.64 bits per heavy atom. The molecule has 0 radical (unpaired) electrons. The fourth-order valence-electron chi connectivity index (χ4n) is 3.40. The number of benzene rings is 1. The number of esters is 1. The second-order valence-electron chi connectivity index (χ2n) is 6.80. The highest BCUT2D eigenvalue weighted by atomic mass is 32.2. The summed E-state index contributed by atoms with van der Waals surface area (Å²) < 4.78 is 28.3. The number of aryl methyl sites for hydroxylation is 2. The van der Waals surface area contributed by atoms with Gasteiger partial charge in [-0.05, 0) is 62.1 Å². The number of carbonyl (C=O) groups is 2. The van der Waals surface area contributed by atoms with Crippen LogP contribution >= 0.6 is 11.3 Å². The van der Waals surface area contributed by atoms with Crippen LogP contribution in [0.3, 0.4) is 0 Å². The third kappa shape index (κ3) is 3.96. The molecule has 0 bridgehead atoms. The molecular formula is C19H22N2O5S2. The highest BCUT2D eigenvalue weighted by Crippen LogP contribution is 2.34. The van der Waals surface area contributed by atoms with Crippen molar-refractivity contribution in [2.75, 3.05) is 11.5 Å². The molecule has 2 N–H and O–H groups in total. The summed E-state index contributed by atoms with van der Waals surface area (Å²) in [7, 11) is -3.81. The summed E-state index contributed by atoms with van der Waals surface area (Å²) in [6.07, 6.45) is 1.34. The highest BCUT2D eigenvalue weighted by molar-refractivity contribution is 7.89. The molecule has 0 aliphatic carbocycles. The van der Waals surface area contributed by atoms with E-state index >= 15 is 0 Å². The number of carbonyl (C=O) groups excluding carboxylic acids is 2. The molecule has 9 heteroatoms. The molecule has 1 amide bonds. The Labute approximate surface area is 168 Å². The van der Waals surface area contributed by atoms with Crippen molar-refractivity contribution in [2.45, 2.75) is 44.6 Å². The number of ether oxygens (including phenoxy) is 1.